The predicted molar refractivity (Wildman–Crippen MR) is 77.2 cm³/mol. The van der Waals surface area contributed by atoms with E-state index in [0.29, 0.717) is 24.2 Å². The lowest BCUT2D eigenvalue weighted by Crippen LogP contribution is -2.46. The SMILES string of the molecule is O=C(CSc1ccccc1)N(CCCl)C1CCC1. The van der Waals surface area contributed by atoms with Crippen LogP contribution in [-0.4, -0.2) is 35.0 Å². The molecular weight excluding hydrogens is 266 g/mol. The predicted octanol–water partition coefficient (Wildman–Crippen LogP) is 3.40. The van der Waals surface area contributed by atoms with Gasteiger partial charge in [-0.1, -0.05) is 18.2 Å². The van der Waals surface area contributed by atoms with Crippen LogP contribution in [0.25, 0.3) is 0 Å². The minimum atomic E-state index is 0.217. The molecule has 1 aliphatic carbocycles. The number of hydrogen-bond donors (Lipinski definition) is 0. The molecule has 0 spiro atoms. The molecule has 1 fully saturated rings. The zero-order chi connectivity index (χ0) is 12.8. The Hall–Kier alpha value is -0.670. The summed E-state index contributed by atoms with van der Waals surface area (Å²) in [5.74, 6) is 1.25. The first-order valence-corrected chi connectivity index (χ1v) is 7.86. The number of thioether (sulfide) groups is 1. The standard InChI is InChI=1S/C14H18ClNOS/c15-9-10-16(12-5-4-6-12)14(17)11-18-13-7-2-1-3-8-13/h1-3,7-8,12H,4-6,9-11H2. The molecule has 0 atom stereocenters. The van der Waals surface area contributed by atoms with Crippen LogP contribution in [0.1, 0.15) is 19.3 Å². The number of amides is 1. The Morgan fingerprint density at radius 3 is 2.61 bits per heavy atom. The lowest BCUT2D eigenvalue weighted by molar-refractivity contribution is -0.131. The fraction of sp³-hybridized carbons (Fsp3) is 0.500. The van der Waals surface area contributed by atoms with E-state index in [4.69, 9.17) is 11.6 Å². The van der Waals surface area contributed by atoms with Crippen molar-refractivity contribution in [3.8, 4) is 0 Å². The molecule has 0 aromatic heterocycles. The third kappa shape index (κ3) is 3.66. The van der Waals surface area contributed by atoms with Crippen molar-refractivity contribution in [3.63, 3.8) is 0 Å². The van der Waals surface area contributed by atoms with Gasteiger partial charge in [-0.3, -0.25) is 4.79 Å². The Morgan fingerprint density at radius 1 is 1.33 bits per heavy atom. The minimum absolute atomic E-state index is 0.217. The lowest BCUT2D eigenvalue weighted by Gasteiger charge is -2.37. The molecule has 2 rings (SSSR count). The van der Waals surface area contributed by atoms with E-state index in [0.717, 1.165) is 17.7 Å². The highest BCUT2D eigenvalue weighted by atomic mass is 35.5. The third-order valence-corrected chi connectivity index (χ3v) is 4.43. The average Bonchev–Trinajstić information content (AvgIpc) is 2.34. The molecule has 0 aliphatic heterocycles. The Labute approximate surface area is 118 Å². The summed E-state index contributed by atoms with van der Waals surface area (Å²) in [6.07, 6.45) is 3.51. The Balaban J connectivity index is 1.85. The molecule has 0 radical (unpaired) electrons. The lowest BCUT2D eigenvalue weighted by atomic mass is 9.91. The molecule has 2 nitrogen and oxygen atoms in total. The van der Waals surface area contributed by atoms with Gasteiger partial charge in [0.2, 0.25) is 5.91 Å². The largest absolute Gasteiger partial charge is 0.338 e. The Kier molecular flexibility index (Phi) is 5.39. The van der Waals surface area contributed by atoms with Gasteiger partial charge in [0.15, 0.2) is 0 Å². The fourth-order valence-corrected chi connectivity index (χ4v) is 3.03. The van der Waals surface area contributed by atoms with E-state index in [2.05, 4.69) is 0 Å². The van der Waals surface area contributed by atoms with Gasteiger partial charge in [-0.15, -0.1) is 23.4 Å². The zero-order valence-electron chi connectivity index (χ0n) is 10.3. The van der Waals surface area contributed by atoms with Crippen molar-refractivity contribution in [1.82, 2.24) is 4.90 Å². The van der Waals surface area contributed by atoms with E-state index in [-0.39, 0.29) is 5.91 Å². The van der Waals surface area contributed by atoms with Gasteiger partial charge in [-0.05, 0) is 31.4 Å². The van der Waals surface area contributed by atoms with Gasteiger partial charge in [-0.25, -0.2) is 0 Å². The molecule has 1 aromatic carbocycles. The van der Waals surface area contributed by atoms with Crippen molar-refractivity contribution in [1.29, 1.82) is 0 Å². The van der Waals surface area contributed by atoms with Crippen LogP contribution in [-0.2, 0) is 4.79 Å². The molecule has 1 aliphatic rings. The van der Waals surface area contributed by atoms with E-state index in [1.165, 1.54) is 6.42 Å². The van der Waals surface area contributed by atoms with Crippen molar-refractivity contribution in [2.45, 2.75) is 30.2 Å². The molecule has 4 heteroatoms. The number of carbonyl (C=O) groups excluding carboxylic acids is 1. The molecule has 0 saturated heterocycles. The van der Waals surface area contributed by atoms with Gasteiger partial charge in [0.1, 0.15) is 0 Å². The van der Waals surface area contributed by atoms with E-state index in [9.17, 15) is 4.79 Å². The van der Waals surface area contributed by atoms with Crippen molar-refractivity contribution in [3.05, 3.63) is 30.3 Å². The first-order valence-electron chi connectivity index (χ1n) is 6.34. The van der Waals surface area contributed by atoms with Crippen molar-refractivity contribution < 1.29 is 4.79 Å². The second-order valence-corrected chi connectivity index (χ2v) is 5.89. The molecule has 98 valence electrons. The number of carbonyl (C=O) groups is 1. The summed E-state index contributed by atoms with van der Waals surface area (Å²) < 4.78 is 0. The maximum absolute atomic E-state index is 12.2. The molecule has 1 amide bonds. The molecule has 0 unspecified atom stereocenters. The summed E-state index contributed by atoms with van der Waals surface area (Å²) in [6, 6.07) is 10.5. The number of hydrogen-bond acceptors (Lipinski definition) is 2. The molecule has 0 bridgehead atoms. The number of rotatable bonds is 6. The quantitative estimate of drug-likeness (QED) is 0.589. The summed E-state index contributed by atoms with van der Waals surface area (Å²) in [4.78, 5) is 15.3. The Morgan fingerprint density at radius 2 is 2.06 bits per heavy atom. The molecule has 18 heavy (non-hydrogen) atoms. The average molecular weight is 284 g/mol. The second-order valence-electron chi connectivity index (χ2n) is 4.46. The Bertz CT molecular complexity index is 381. The summed E-state index contributed by atoms with van der Waals surface area (Å²) >= 11 is 7.38. The van der Waals surface area contributed by atoms with Crippen LogP contribution in [0.15, 0.2) is 35.2 Å². The van der Waals surface area contributed by atoms with Gasteiger partial charge in [-0.2, -0.15) is 0 Å². The molecule has 0 heterocycles. The zero-order valence-corrected chi connectivity index (χ0v) is 11.9. The topological polar surface area (TPSA) is 20.3 Å². The van der Waals surface area contributed by atoms with Crippen LogP contribution < -0.4 is 0 Å². The van der Waals surface area contributed by atoms with E-state index in [1.807, 2.05) is 35.2 Å². The van der Waals surface area contributed by atoms with E-state index >= 15 is 0 Å². The second kappa shape index (κ2) is 7.05. The number of halogens is 1. The van der Waals surface area contributed by atoms with Crippen LogP contribution >= 0.6 is 23.4 Å². The minimum Gasteiger partial charge on any atom is -0.338 e. The summed E-state index contributed by atoms with van der Waals surface area (Å²) in [5, 5.41) is 0. The maximum Gasteiger partial charge on any atom is 0.233 e. The highest BCUT2D eigenvalue weighted by Gasteiger charge is 2.27. The summed E-state index contributed by atoms with van der Waals surface area (Å²) in [6.45, 7) is 0.681. The monoisotopic (exact) mass is 283 g/mol. The number of nitrogens with zero attached hydrogens (tertiary/aromatic N) is 1. The van der Waals surface area contributed by atoms with E-state index < -0.39 is 0 Å². The van der Waals surface area contributed by atoms with Crippen LogP contribution in [0.3, 0.4) is 0 Å². The van der Waals surface area contributed by atoms with Crippen molar-refractivity contribution in [2.75, 3.05) is 18.2 Å². The van der Waals surface area contributed by atoms with Crippen LogP contribution in [0.4, 0.5) is 0 Å². The highest BCUT2D eigenvalue weighted by molar-refractivity contribution is 8.00. The number of benzene rings is 1. The van der Waals surface area contributed by atoms with Crippen LogP contribution in [0.5, 0.6) is 0 Å². The fourth-order valence-electron chi connectivity index (χ4n) is 2.05. The van der Waals surface area contributed by atoms with Crippen LogP contribution in [0.2, 0.25) is 0 Å². The van der Waals surface area contributed by atoms with Crippen molar-refractivity contribution >= 4 is 29.3 Å². The van der Waals surface area contributed by atoms with Crippen molar-refractivity contribution in [2.24, 2.45) is 0 Å². The molecule has 0 N–H and O–H groups in total. The van der Waals surface area contributed by atoms with E-state index in [1.54, 1.807) is 11.8 Å². The van der Waals surface area contributed by atoms with Crippen LogP contribution in [0, 0.1) is 0 Å². The van der Waals surface area contributed by atoms with Gasteiger partial charge in [0.05, 0.1) is 5.75 Å². The van der Waals surface area contributed by atoms with Gasteiger partial charge in [0.25, 0.3) is 0 Å². The maximum atomic E-state index is 12.2. The first-order chi connectivity index (χ1) is 8.81. The van der Waals surface area contributed by atoms with Gasteiger partial charge in [0, 0.05) is 23.4 Å². The summed E-state index contributed by atoms with van der Waals surface area (Å²) in [7, 11) is 0. The summed E-state index contributed by atoms with van der Waals surface area (Å²) in [5.41, 5.74) is 0. The molecule has 1 saturated carbocycles. The normalized spacial score (nSPS) is 15.2. The smallest absolute Gasteiger partial charge is 0.233 e. The third-order valence-electron chi connectivity index (χ3n) is 3.27. The van der Waals surface area contributed by atoms with Gasteiger partial charge >= 0.3 is 0 Å². The van der Waals surface area contributed by atoms with Gasteiger partial charge < -0.3 is 4.90 Å². The first kappa shape index (κ1) is 13.8. The molecule has 1 aromatic rings. The molecular formula is C14H18ClNOS. The number of alkyl halides is 1. The highest BCUT2D eigenvalue weighted by Crippen LogP contribution is 2.26.